The number of nitrogens with zero attached hydrogens (tertiary/aromatic N) is 5. The third-order valence-corrected chi connectivity index (χ3v) is 5.48. The lowest BCUT2D eigenvalue weighted by molar-refractivity contribution is -0.123. The van der Waals surface area contributed by atoms with Gasteiger partial charge in [-0.05, 0) is 43.5 Å². The van der Waals surface area contributed by atoms with E-state index in [4.69, 9.17) is 0 Å². The Bertz CT molecular complexity index is 978. The predicted octanol–water partition coefficient (Wildman–Crippen LogP) is 2.82. The van der Waals surface area contributed by atoms with Crippen LogP contribution in [0.3, 0.4) is 0 Å². The number of aryl methyl sites for hydroxylation is 1. The molecule has 28 heavy (non-hydrogen) atoms. The van der Waals surface area contributed by atoms with Gasteiger partial charge in [0.1, 0.15) is 18.2 Å². The lowest BCUT2D eigenvalue weighted by atomic mass is 9.90. The van der Waals surface area contributed by atoms with Crippen LogP contribution in [0.2, 0.25) is 0 Å². The molecule has 1 aliphatic rings. The number of aromatic nitrogens is 4. The van der Waals surface area contributed by atoms with Crippen LogP contribution in [-0.2, 0) is 18.3 Å². The Hall–Kier alpha value is -2.67. The van der Waals surface area contributed by atoms with Crippen LogP contribution in [0.4, 0.5) is 4.39 Å². The van der Waals surface area contributed by atoms with E-state index in [9.17, 15) is 9.18 Å². The molecule has 7 heteroatoms. The van der Waals surface area contributed by atoms with Crippen molar-refractivity contribution in [2.75, 3.05) is 26.3 Å². The molecule has 146 valence electrons. The number of hydrogen-bond donors (Lipinski definition) is 0. The summed E-state index contributed by atoms with van der Waals surface area (Å²) in [4.78, 5) is 19.3. The van der Waals surface area contributed by atoms with Gasteiger partial charge in [0.15, 0.2) is 0 Å². The second-order valence-corrected chi connectivity index (χ2v) is 7.46. The molecular formula is C21H24FN5O. The number of carbonyl (C=O) groups excluding carboxylic acids is 1. The molecule has 1 aliphatic heterocycles. The molecule has 4 rings (SSSR count). The van der Waals surface area contributed by atoms with E-state index in [2.05, 4.69) is 26.3 Å². The first-order chi connectivity index (χ1) is 13.6. The van der Waals surface area contributed by atoms with Gasteiger partial charge in [0.2, 0.25) is 0 Å². The molecule has 0 amide bonds. The number of hydrogen-bond acceptors (Lipinski definition) is 5. The van der Waals surface area contributed by atoms with Crippen LogP contribution in [0.1, 0.15) is 18.5 Å². The van der Waals surface area contributed by atoms with Gasteiger partial charge in [-0.2, -0.15) is 0 Å². The molecule has 3 aromatic rings. The number of carbonyl (C=O) groups is 1. The summed E-state index contributed by atoms with van der Waals surface area (Å²) < 4.78 is 14.1. The van der Waals surface area contributed by atoms with Gasteiger partial charge in [-0.25, -0.2) is 4.39 Å². The zero-order valence-electron chi connectivity index (χ0n) is 16.0. The second-order valence-electron chi connectivity index (χ2n) is 7.46. The average Bonchev–Trinajstić information content (AvgIpc) is 3.14. The number of pyridine rings is 1. The summed E-state index contributed by atoms with van der Waals surface area (Å²) in [6, 6.07) is 8.07. The Kier molecular flexibility index (Phi) is 5.43. The Morgan fingerprint density at radius 1 is 1.21 bits per heavy atom. The maximum Gasteiger partial charge on any atom is 0.142 e. The highest BCUT2D eigenvalue weighted by Gasteiger charge is 2.25. The SMILES string of the molecule is Cn1cc(-c2ccc3cnc(CC(=O)C4CCN(CCF)CC4)cc3c2)nn1. The van der Waals surface area contributed by atoms with E-state index in [1.54, 1.807) is 4.68 Å². The van der Waals surface area contributed by atoms with Gasteiger partial charge in [0.05, 0.1) is 6.20 Å². The van der Waals surface area contributed by atoms with Crippen LogP contribution in [0.25, 0.3) is 22.0 Å². The van der Waals surface area contributed by atoms with Gasteiger partial charge in [0, 0.05) is 48.8 Å². The van der Waals surface area contributed by atoms with Crippen molar-refractivity contribution in [2.24, 2.45) is 13.0 Å². The number of piperidine rings is 1. The number of halogens is 1. The molecule has 3 heterocycles. The van der Waals surface area contributed by atoms with Crippen LogP contribution in [0, 0.1) is 5.92 Å². The van der Waals surface area contributed by atoms with Crippen molar-refractivity contribution >= 4 is 16.6 Å². The molecule has 0 atom stereocenters. The number of benzene rings is 1. The maximum atomic E-state index is 12.7. The van der Waals surface area contributed by atoms with Crippen molar-refractivity contribution in [3.63, 3.8) is 0 Å². The summed E-state index contributed by atoms with van der Waals surface area (Å²) in [6.07, 6.45) is 5.66. The fraction of sp³-hybridized carbons (Fsp3) is 0.429. The Labute approximate surface area is 163 Å². The largest absolute Gasteiger partial charge is 0.301 e. The van der Waals surface area contributed by atoms with Gasteiger partial charge in [-0.1, -0.05) is 17.3 Å². The highest BCUT2D eigenvalue weighted by atomic mass is 19.1. The van der Waals surface area contributed by atoms with Gasteiger partial charge in [-0.3, -0.25) is 14.5 Å². The monoisotopic (exact) mass is 381 g/mol. The minimum absolute atomic E-state index is 0.0549. The summed E-state index contributed by atoms with van der Waals surface area (Å²) in [6.45, 7) is 1.75. The molecule has 0 radical (unpaired) electrons. The molecule has 0 bridgehead atoms. The predicted molar refractivity (Wildman–Crippen MR) is 106 cm³/mol. The minimum Gasteiger partial charge on any atom is -0.301 e. The number of alkyl halides is 1. The molecule has 0 N–H and O–H groups in total. The van der Waals surface area contributed by atoms with Crippen molar-refractivity contribution in [3.05, 3.63) is 42.4 Å². The number of fused-ring (bicyclic) bond motifs is 1. The molecule has 0 spiro atoms. The standard InChI is InChI=1S/C21H24FN5O/c1-26-14-20(24-25-26)16-2-3-17-13-23-19(11-18(17)10-16)12-21(28)15-4-7-27(8-5-15)9-6-22/h2-3,10-11,13-15H,4-9,12H2,1H3. The molecule has 2 aromatic heterocycles. The smallest absolute Gasteiger partial charge is 0.142 e. The van der Waals surface area contributed by atoms with E-state index in [0.29, 0.717) is 13.0 Å². The van der Waals surface area contributed by atoms with E-state index in [-0.39, 0.29) is 18.4 Å². The fourth-order valence-electron chi connectivity index (χ4n) is 3.84. The fourth-order valence-corrected chi connectivity index (χ4v) is 3.84. The topological polar surface area (TPSA) is 63.9 Å². The summed E-state index contributed by atoms with van der Waals surface area (Å²) in [5.74, 6) is 0.288. The molecule has 0 saturated carbocycles. The van der Waals surface area contributed by atoms with Gasteiger partial charge >= 0.3 is 0 Å². The Balaban J connectivity index is 1.47. The minimum atomic E-state index is -0.323. The summed E-state index contributed by atoms with van der Waals surface area (Å²) in [5, 5.41) is 10.2. The number of likely N-dealkylation sites (tertiary alicyclic amines) is 1. The normalized spacial score (nSPS) is 15.9. The first kappa shape index (κ1) is 18.7. The molecular weight excluding hydrogens is 357 g/mol. The van der Waals surface area contributed by atoms with Crippen LogP contribution in [-0.4, -0.2) is 57.0 Å². The first-order valence-electron chi connectivity index (χ1n) is 9.69. The lowest BCUT2D eigenvalue weighted by Crippen LogP contribution is -2.37. The highest BCUT2D eigenvalue weighted by Crippen LogP contribution is 2.24. The lowest BCUT2D eigenvalue weighted by Gasteiger charge is -2.30. The number of ketones is 1. The quantitative estimate of drug-likeness (QED) is 0.657. The van der Waals surface area contributed by atoms with Gasteiger partial charge in [-0.15, -0.1) is 5.10 Å². The van der Waals surface area contributed by atoms with Gasteiger partial charge in [0.25, 0.3) is 0 Å². The summed E-state index contributed by atoms with van der Waals surface area (Å²) >= 11 is 0. The van der Waals surface area contributed by atoms with Crippen molar-refractivity contribution in [1.82, 2.24) is 24.9 Å². The first-order valence-corrected chi connectivity index (χ1v) is 9.69. The molecule has 0 unspecified atom stereocenters. The summed E-state index contributed by atoms with van der Waals surface area (Å²) in [7, 11) is 1.84. The number of rotatable bonds is 6. The maximum absolute atomic E-state index is 12.7. The highest BCUT2D eigenvalue weighted by molar-refractivity contribution is 5.88. The van der Waals surface area contributed by atoms with E-state index < -0.39 is 0 Å². The molecule has 1 aromatic carbocycles. The van der Waals surface area contributed by atoms with E-state index in [1.165, 1.54) is 0 Å². The van der Waals surface area contributed by atoms with E-state index >= 15 is 0 Å². The average molecular weight is 381 g/mol. The second kappa shape index (κ2) is 8.14. The number of Topliss-reactive ketones (excluding diaryl/α,β-unsaturated/α-hetero) is 1. The molecule has 1 saturated heterocycles. The van der Waals surface area contributed by atoms with Crippen molar-refractivity contribution < 1.29 is 9.18 Å². The zero-order valence-corrected chi connectivity index (χ0v) is 16.0. The van der Waals surface area contributed by atoms with Crippen LogP contribution >= 0.6 is 0 Å². The third kappa shape index (κ3) is 4.09. The van der Waals surface area contributed by atoms with Crippen LogP contribution in [0.15, 0.2) is 36.7 Å². The van der Waals surface area contributed by atoms with E-state index in [1.807, 2.05) is 37.6 Å². The molecule has 6 nitrogen and oxygen atoms in total. The zero-order chi connectivity index (χ0) is 19.5. The van der Waals surface area contributed by atoms with Gasteiger partial charge < -0.3 is 4.90 Å². The van der Waals surface area contributed by atoms with Crippen molar-refractivity contribution in [2.45, 2.75) is 19.3 Å². The molecule has 1 fully saturated rings. The Morgan fingerprint density at radius 2 is 2.04 bits per heavy atom. The Morgan fingerprint density at radius 3 is 2.75 bits per heavy atom. The summed E-state index contributed by atoms with van der Waals surface area (Å²) in [5.41, 5.74) is 2.60. The van der Waals surface area contributed by atoms with Crippen molar-refractivity contribution in [3.8, 4) is 11.3 Å². The van der Waals surface area contributed by atoms with Crippen LogP contribution in [0.5, 0.6) is 0 Å². The molecule has 0 aliphatic carbocycles. The van der Waals surface area contributed by atoms with Crippen LogP contribution < -0.4 is 0 Å². The third-order valence-electron chi connectivity index (χ3n) is 5.48. The van der Waals surface area contributed by atoms with Crippen molar-refractivity contribution in [1.29, 1.82) is 0 Å². The van der Waals surface area contributed by atoms with E-state index in [0.717, 1.165) is 53.7 Å².